The molecule has 15 heavy (non-hydrogen) atoms. The number of rotatable bonds is 2. The Labute approximate surface area is 90.2 Å². The molecule has 0 aromatic rings. The number of piperidine rings is 1. The predicted octanol–water partition coefficient (Wildman–Crippen LogP) is -0.586. The van der Waals surface area contributed by atoms with Gasteiger partial charge in [0.25, 0.3) is 0 Å². The third-order valence-electron chi connectivity index (χ3n) is 2.97. The van der Waals surface area contributed by atoms with Gasteiger partial charge in [0.15, 0.2) is 0 Å². The SMILES string of the molecule is CC(=O)N(C)C1CCCN(C(=O)CN)C1. The maximum absolute atomic E-state index is 11.4. The van der Waals surface area contributed by atoms with Crippen molar-refractivity contribution >= 4 is 11.8 Å². The summed E-state index contributed by atoms with van der Waals surface area (Å²) in [6.45, 7) is 2.98. The molecule has 2 amide bonds. The molecule has 1 rings (SSSR count). The van der Waals surface area contributed by atoms with Gasteiger partial charge in [0, 0.05) is 33.1 Å². The van der Waals surface area contributed by atoms with E-state index in [1.54, 1.807) is 23.8 Å². The number of carbonyl (C=O) groups is 2. The molecule has 1 aliphatic heterocycles. The molecule has 0 aromatic carbocycles. The predicted molar refractivity (Wildman–Crippen MR) is 57.1 cm³/mol. The summed E-state index contributed by atoms with van der Waals surface area (Å²) in [5.41, 5.74) is 5.31. The summed E-state index contributed by atoms with van der Waals surface area (Å²) in [7, 11) is 1.78. The quantitative estimate of drug-likeness (QED) is 0.667. The summed E-state index contributed by atoms with van der Waals surface area (Å²) in [5.74, 6) is 0.0127. The van der Waals surface area contributed by atoms with Gasteiger partial charge < -0.3 is 15.5 Å². The van der Waals surface area contributed by atoms with Crippen LogP contribution in [0.3, 0.4) is 0 Å². The molecular weight excluding hydrogens is 194 g/mol. The summed E-state index contributed by atoms with van der Waals surface area (Å²) < 4.78 is 0. The maximum atomic E-state index is 11.4. The Hall–Kier alpha value is -1.10. The molecule has 1 atom stereocenters. The summed E-state index contributed by atoms with van der Waals surface area (Å²) >= 11 is 0. The average Bonchev–Trinajstić information content (AvgIpc) is 2.27. The zero-order chi connectivity index (χ0) is 11.4. The minimum atomic E-state index is -0.0309. The van der Waals surface area contributed by atoms with Crippen LogP contribution in [0.5, 0.6) is 0 Å². The number of likely N-dealkylation sites (N-methyl/N-ethyl adjacent to an activating group) is 1. The van der Waals surface area contributed by atoms with Gasteiger partial charge in [0.2, 0.25) is 11.8 Å². The van der Waals surface area contributed by atoms with Crippen LogP contribution >= 0.6 is 0 Å². The number of hydrogen-bond acceptors (Lipinski definition) is 3. The molecule has 0 aromatic heterocycles. The van der Waals surface area contributed by atoms with E-state index in [1.807, 2.05) is 0 Å². The Bertz CT molecular complexity index is 255. The molecule has 0 radical (unpaired) electrons. The Balaban J connectivity index is 2.56. The molecule has 1 aliphatic rings. The van der Waals surface area contributed by atoms with Crippen LogP contribution in [0.2, 0.25) is 0 Å². The highest BCUT2D eigenvalue weighted by molar-refractivity contribution is 5.78. The van der Waals surface area contributed by atoms with E-state index in [0.29, 0.717) is 6.54 Å². The smallest absolute Gasteiger partial charge is 0.236 e. The summed E-state index contributed by atoms with van der Waals surface area (Å²) in [5, 5.41) is 0. The molecule has 0 aliphatic carbocycles. The highest BCUT2D eigenvalue weighted by atomic mass is 16.2. The lowest BCUT2D eigenvalue weighted by atomic mass is 10.0. The molecule has 1 heterocycles. The topological polar surface area (TPSA) is 66.6 Å². The van der Waals surface area contributed by atoms with Gasteiger partial charge >= 0.3 is 0 Å². The van der Waals surface area contributed by atoms with Gasteiger partial charge in [-0.05, 0) is 12.8 Å². The Morgan fingerprint density at radius 2 is 2.20 bits per heavy atom. The van der Waals surface area contributed by atoms with Crippen molar-refractivity contribution in [1.82, 2.24) is 9.80 Å². The van der Waals surface area contributed by atoms with Crippen LogP contribution in [0.1, 0.15) is 19.8 Å². The van der Waals surface area contributed by atoms with E-state index in [2.05, 4.69) is 0 Å². The van der Waals surface area contributed by atoms with Gasteiger partial charge in [0.1, 0.15) is 0 Å². The van der Waals surface area contributed by atoms with E-state index in [-0.39, 0.29) is 24.4 Å². The fourth-order valence-electron chi connectivity index (χ4n) is 1.88. The normalized spacial score (nSPS) is 21.3. The van der Waals surface area contributed by atoms with Gasteiger partial charge in [-0.2, -0.15) is 0 Å². The molecule has 1 fully saturated rings. The lowest BCUT2D eigenvalue weighted by Gasteiger charge is -2.37. The number of nitrogens with zero attached hydrogens (tertiary/aromatic N) is 2. The van der Waals surface area contributed by atoms with E-state index < -0.39 is 0 Å². The second kappa shape index (κ2) is 5.11. The van der Waals surface area contributed by atoms with Crippen LogP contribution in [-0.4, -0.2) is 54.3 Å². The summed E-state index contributed by atoms with van der Waals surface area (Å²) in [6.07, 6.45) is 1.90. The van der Waals surface area contributed by atoms with Crippen molar-refractivity contribution in [2.24, 2.45) is 5.73 Å². The van der Waals surface area contributed by atoms with E-state index in [1.165, 1.54) is 0 Å². The van der Waals surface area contributed by atoms with Crippen molar-refractivity contribution in [2.75, 3.05) is 26.7 Å². The number of carbonyl (C=O) groups excluding carboxylic acids is 2. The van der Waals surface area contributed by atoms with Crippen LogP contribution in [-0.2, 0) is 9.59 Å². The van der Waals surface area contributed by atoms with E-state index in [4.69, 9.17) is 5.73 Å². The van der Waals surface area contributed by atoms with Gasteiger partial charge in [-0.15, -0.1) is 0 Å². The van der Waals surface area contributed by atoms with Crippen molar-refractivity contribution in [2.45, 2.75) is 25.8 Å². The largest absolute Gasteiger partial charge is 0.341 e. The average molecular weight is 213 g/mol. The fourth-order valence-corrected chi connectivity index (χ4v) is 1.88. The number of hydrogen-bond donors (Lipinski definition) is 1. The number of likely N-dealkylation sites (tertiary alicyclic amines) is 1. The number of amides is 2. The Morgan fingerprint density at radius 1 is 1.53 bits per heavy atom. The van der Waals surface area contributed by atoms with Crippen LogP contribution < -0.4 is 5.73 Å². The lowest BCUT2D eigenvalue weighted by molar-refractivity contribution is -0.136. The summed E-state index contributed by atoms with van der Waals surface area (Å²) in [4.78, 5) is 26.0. The van der Waals surface area contributed by atoms with Crippen molar-refractivity contribution in [3.8, 4) is 0 Å². The standard InChI is InChI=1S/C10H19N3O2/c1-8(14)12(2)9-4-3-5-13(7-9)10(15)6-11/h9H,3-7,11H2,1-2H3. The lowest BCUT2D eigenvalue weighted by Crippen LogP contribution is -2.51. The van der Waals surface area contributed by atoms with Gasteiger partial charge in [-0.1, -0.05) is 0 Å². The zero-order valence-corrected chi connectivity index (χ0v) is 9.40. The minimum absolute atomic E-state index is 0.0309. The zero-order valence-electron chi connectivity index (χ0n) is 9.40. The molecule has 5 nitrogen and oxygen atoms in total. The first-order valence-electron chi connectivity index (χ1n) is 5.27. The second-order valence-electron chi connectivity index (χ2n) is 3.97. The monoisotopic (exact) mass is 213 g/mol. The minimum Gasteiger partial charge on any atom is -0.341 e. The van der Waals surface area contributed by atoms with Crippen LogP contribution in [0.15, 0.2) is 0 Å². The molecule has 0 spiro atoms. The first kappa shape index (κ1) is 12.0. The third kappa shape index (κ3) is 2.92. The van der Waals surface area contributed by atoms with Crippen LogP contribution in [0.25, 0.3) is 0 Å². The highest BCUT2D eigenvalue weighted by Crippen LogP contribution is 2.14. The first-order valence-corrected chi connectivity index (χ1v) is 5.27. The molecule has 86 valence electrons. The first-order chi connectivity index (χ1) is 7.06. The Morgan fingerprint density at radius 3 is 2.73 bits per heavy atom. The van der Waals surface area contributed by atoms with E-state index in [0.717, 1.165) is 19.4 Å². The van der Waals surface area contributed by atoms with Crippen molar-refractivity contribution < 1.29 is 9.59 Å². The number of nitrogens with two attached hydrogens (primary N) is 1. The van der Waals surface area contributed by atoms with Crippen molar-refractivity contribution in [1.29, 1.82) is 0 Å². The van der Waals surface area contributed by atoms with Crippen LogP contribution in [0.4, 0.5) is 0 Å². The second-order valence-corrected chi connectivity index (χ2v) is 3.97. The van der Waals surface area contributed by atoms with Gasteiger partial charge in [-0.3, -0.25) is 9.59 Å². The molecule has 0 bridgehead atoms. The van der Waals surface area contributed by atoms with Crippen molar-refractivity contribution in [3.63, 3.8) is 0 Å². The Kier molecular flexibility index (Phi) is 4.08. The molecule has 2 N–H and O–H groups in total. The molecule has 1 unspecified atom stereocenters. The molecule has 1 saturated heterocycles. The fraction of sp³-hybridized carbons (Fsp3) is 0.800. The van der Waals surface area contributed by atoms with Gasteiger partial charge in [0.05, 0.1) is 6.54 Å². The van der Waals surface area contributed by atoms with E-state index in [9.17, 15) is 9.59 Å². The molecule has 5 heteroatoms. The van der Waals surface area contributed by atoms with E-state index >= 15 is 0 Å². The third-order valence-corrected chi connectivity index (χ3v) is 2.97. The van der Waals surface area contributed by atoms with Crippen molar-refractivity contribution in [3.05, 3.63) is 0 Å². The molecule has 0 saturated carbocycles. The van der Waals surface area contributed by atoms with Gasteiger partial charge in [-0.25, -0.2) is 0 Å². The molecular formula is C10H19N3O2. The summed E-state index contributed by atoms with van der Waals surface area (Å²) in [6, 6.07) is 0.145. The highest BCUT2D eigenvalue weighted by Gasteiger charge is 2.26. The van der Waals surface area contributed by atoms with Crippen LogP contribution in [0, 0.1) is 0 Å². The maximum Gasteiger partial charge on any atom is 0.236 e.